The summed E-state index contributed by atoms with van der Waals surface area (Å²) in [7, 11) is 1.87. The van der Waals surface area contributed by atoms with E-state index in [9.17, 15) is 8.78 Å². The molecule has 0 amide bonds. The minimum atomic E-state index is -0.799. The van der Waals surface area contributed by atoms with Crippen molar-refractivity contribution in [2.75, 3.05) is 7.05 Å². The number of halogens is 2. The maximum absolute atomic E-state index is 13.0. The Morgan fingerprint density at radius 1 is 1.29 bits per heavy atom. The van der Waals surface area contributed by atoms with Gasteiger partial charge in [0.1, 0.15) is 0 Å². The summed E-state index contributed by atoms with van der Waals surface area (Å²) in [6.07, 6.45) is 2.39. The van der Waals surface area contributed by atoms with Gasteiger partial charge in [0.05, 0.1) is 0 Å². The van der Waals surface area contributed by atoms with Crippen LogP contribution in [0.2, 0.25) is 0 Å². The summed E-state index contributed by atoms with van der Waals surface area (Å²) in [6, 6.07) is 4.28. The molecule has 1 aromatic rings. The second-order valence-corrected chi connectivity index (χ2v) is 3.90. The SMILES string of the molecule is CC#CCCC(Cc1ccc(F)c(F)c1)NC. The summed E-state index contributed by atoms with van der Waals surface area (Å²) >= 11 is 0. The van der Waals surface area contributed by atoms with Gasteiger partial charge in [-0.25, -0.2) is 8.78 Å². The molecule has 1 atom stereocenters. The number of benzene rings is 1. The first-order valence-corrected chi connectivity index (χ1v) is 5.68. The fourth-order valence-electron chi connectivity index (χ4n) is 1.67. The van der Waals surface area contributed by atoms with Crippen LogP contribution >= 0.6 is 0 Å². The topological polar surface area (TPSA) is 12.0 Å². The van der Waals surface area contributed by atoms with E-state index in [1.54, 1.807) is 6.07 Å². The number of hydrogen-bond donors (Lipinski definition) is 1. The molecule has 0 heterocycles. The minimum absolute atomic E-state index is 0.237. The van der Waals surface area contributed by atoms with Crippen LogP contribution in [0.3, 0.4) is 0 Å². The fourth-order valence-corrected chi connectivity index (χ4v) is 1.67. The highest BCUT2D eigenvalue weighted by molar-refractivity contribution is 5.18. The molecule has 0 aromatic heterocycles. The van der Waals surface area contributed by atoms with Crippen molar-refractivity contribution < 1.29 is 8.78 Å². The molecule has 3 heteroatoms. The molecule has 0 radical (unpaired) electrons. The van der Waals surface area contributed by atoms with Gasteiger partial charge < -0.3 is 5.32 Å². The lowest BCUT2D eigenvalue weighted by Crippen LogP contribution is -2.27. The molecule has 0 aliphatic rings. The smallest absolute Gasteiger partial charge is 0.159 e. The van der Waals surface area contributed by atoms with E-state index in [0.29, 0.717) is 6.42 Å². The summed E-state index contributed by atoms with van der Waals surface area (Å²) in [5.74, 6) is 4.25. The number of hydrogen-bond acceptors (Lipinski definition) is 1. The average molecular weight is 237 g/mol. The largest absolute Gasteiger partial charge is 0.317 e. The summed E-state index contributed by atoms with van der Waals surface area (Å²) in [4.78, 5) is 0. The molecule has 0 saturated carbocycles. The third-order valence-corrected chi connectivity index (χ3v) is 2.67. The Morgan fingerprint density at radius 2 is 2.06 bits per heavy atom. The highest BCUT2D eigenvalue weighted by Crippen LogP contribution is 2.12. The van der Waals surface area contributed by atoms with Crippen molar-refractivity contribution >= 4 is 0 Å². The molecule has 0 spiro atoms. The summed E-state index contributed by atoms with van der Waals surface area (Å²) in [5.41, 5.74) is 0.799. The Labute approximate surface area is 101 Å². The molecule has 0 aliphatic heterocycles. The normalized spacial score (nSPS) is 11.8. The lowest BCUT2D eigenvalue weighted by Gasteiger charge is -2.14. The van der Waals surface area contributed by atoms with Gasteiger partial charge >= 0.3 is 0 Å². The number of likely N-dealkylation sites (N-methyl/N-ethyl adjacent to an activating group) is 1. The molecule has 1 rings (SSSR count). The Morgan fingerprint density at radius 3 is 2.65 bits per heavy atom. The van der Waals surface area contributed by atoms with Gasteiger partial charge in [0.25, 0.3) is 0 Å². The first kappa shape index (κ1) is 13.7. The predicted octanol–water partition coefficient (Wildman–Crippen LogP) is 2.90. The highest BCUT2D eigenvalue weighted by Gasteiger charge is 2.08. The lowest BCUT2D eigenvalue weighted by atomic mass is 10.0. The zero-order valence-electron chi connectivity index (χ0n) is 10.2. The maximum Gasteiger partial charge on any atom is 0.159 e. The molecular formula is C14H17F2N. The van der Waals surface area contributed by atoms with E-state index in [0.717, 1.165) is 18.4 Å². The Kier molecular flexibility index (Phi) is 5.65. The van der Waals surface area contributed by atoms with E-state index in [-0.39, 0.29) is 6.04 Å². The van der Waals surface area contributed by atoms with Crippen LogP contribution in [0.1, 0.15) is 25.3 Å². The zero-order chi connectivity index (χ0) is 12.7. The van der Waals surface area contributed by atoms with Crippen LogP contribution in [0, 0.1) is 23.5 Å². The zero-order valence-corrected chi connectivity index (χ0v) is 10.2. The molecule has 1 nitrogen and oxygen atoms in total. The van der Waals surface area contributed by atoms with Gasteiger partial charge in [0.15, 0.2) is 11.6 Å². The highest BCUT2D eigenvalue weighted by atomic mass is 19.2. The van der Waals surface area contributed by atoms with Crippen LogP contribution in [-0.4, -0.2) is 13.1 Å². The lowest BCUT2D eigenvalue weighted by molar-refractivity contribution is 0.499. The van der Waals surface area contributed by atoms with Gasteiger partial charge in [0, 0.05) is 12.5 Å². The summed E-state index contributed by atoms with van der Waals surface area (Å²) in [5, 5.41) is 3.16. The average Bonchev–Trinajstić information content (AvgIpc) is 2.32. The molecule has 0 saturated heterocycles. The molecule has 0 aliphatic carbocycles. The van der Waals surface area contributed by atoms with Crippen molar-refractivity contribution in [1.29, 1.82) is 0 Å². The molecule has 92 valence electrons. The molecule has 1 aromatic carbocycles. The van der Waals surface area contributed by atoms with Gasteiger partial charge in [0.2, 0.25) is 0 Å². The fraction of sp³-hybridized carbons (Fsp3) is 0.429. The van der Waals surface area contributed by atoms with Crippen molar-refractivity contribution in [1.82, 2.24) is 5.32 Å². The Hall–Kier alpha value is -1.40. The second kappa shape index (κ2) is 7.03. The third-order valence-electron chi connectivity index (χ3n) is 2.67. The summed E-state index contributed by atoms with van der Waals surface area (Å²) in [6.45, 7) is 1.81. The van der Waals surface area contributed by atoms with Crippen molar-refractivity contribution in [2.45, 2.75) is 32.2 Å². The van der Waals surface area contributed by atoms with Crippen LogP contribution < -0.4 is 5.32 Å². The van der Waals surface area contributed by atoms with Crippen LogP contribution in [0.5, 0.6) is 0 Å². The maximum atomic E-state index is 13.0. The third kappa shape index (κ3) is 4.54. The van der Waals surface area contributed by atoms with Gasteiger partial charge in [-0.05, 0) is 44.5 Å². The van der Waals surface area contributed by atoms with E-state index >= 15 is 0 Å². The quantitative estimate of drug-likeness (QED) is 0.776. The molecule has 17 heavy (non-hydrogen) atoms. The first-order valence-electron chi connectivity index (χ1n) is 5.68. The minimum Gasteiger partial charge on any atom is -0.317 e. The number of rotatable bonds is 5. The van der Waals surface area contributed by atoms with Gasteiger partial charge in [-0.3, -0.25) is 0 Å². The Balaban J connectivity index is 2.59. The standard InChI is InChI=1S/C14H17F2N/c1-3-4-5-6-12(17-2)9-11-7-8-13(15)14(16)10-11/h7-8,10,12,17H,5-6,9H2,1-2H3. The van der Waals surface area contributed by atoms with E-state index in [1.165, 1.54) is 12.1 Å². The monoisotopic (exact) mass is 237 g/mol. The van der Waals surface area contributed by atoms with E-state index in [2.05, 4.69) is 17.2 Å². The van der Waals surface area contributed by atoms with Crippen molar-refractivity contribution in [3.05, 3.63) is 35.4 Å². The van der Waals surface area contributed by atoms with E-state index < -0.39 is 11.6 Å². The predicted molar refractivity (Wildman–Crippen MR) is 65.6 cm³/mol. The molecular weight excluding hydrogens is 220 g/mol. The van der Waals surface area contributed by atoms with Crippen LogP contribution in [0.15, 0.2) is 18.2 Å². The summed E-state index contributed by atoms with van der Waals surface area (Å²) < 4.78 is 25.8. The molecule has 1 unspecified atom stereocenters. The van der Waals surface area contributed by atoms with Gasteiger partial charge in [-0.2, -0.15) is 0 Å². The Bertz CT molecular complexity index is 418. The number of nitrogens with one attached hydrogen (secondary N) is 1. The van der Waals surface area contributed by atoms with Crippen LogP contribution in [0.25, 0.3) is 0 Å². The van der Waals surface area contributed by atoms with Crippen molar-refractivity contribution in [2.24, 2.45) is 0 Å². The van der Waals surface area contributed by atoms with Crippen LogP contribution in [-0.2, 0) is 6.42 Å². The first-order chi connectivity index (χ1) is 8.17. The van der Waals surface area contributed by atoms with Crippen LogP contribution in [0.4, 0.5) is 8.78 Å². The van der Waals surface area contributed by atoms with E-state index in [4.69, 9.17) is 0 Å². The molecule has 1 N–H and O–H groups in total. The van der Waals surface area contributed by atoms with Crippen molar-refractivity contribution in [3.8, 4) is 11.8 Å². The van der Waals surface area contributed by atoms with E-state index in [1.807, 2.05) is 14.0 Å². The molecule has 0 bridgehead atoms. The second-order valence-electron chi connectivity index (χ2n) is 3.90. The van der Waals surface area contributed by atoms with Crippen molar-refractivity contribution in [3.63, 3.8) is 0 Å². The van der Waals surface area contributed by atoms with Gasteiger partial charge in [-0.15, -0.1) is 11.8 Å². The molecule has 0 fully saturated rings. The van der Waals surface area contributed by atoms with Gasteiger partial charge in [-0.1, -0.05) is 6.07 Å².